The van der Waals surface area contributed by atoms with Gasteiger partial charge < -0.3 is 5.32 Å². The van der Waals surface area contributed by atoms with E-state index in [1.54, 1.807) is 0 Å². The van der Waals surface area contributed by atoms with Crippen LogP contribution in [0.3, 0.4) is 0 Å². The molecule has 5 heteroatoms. The number of amides is 1. The monoisotopic (exact) mass is 319 g/mol. The lowest BCUT2D eigenvalue weighted by molar-refractivity contribution is 0.0953. The quantitative estimate of drug-likeness (QED) is 0.847. The van der Waals surface area contributed by atoms with Gasteiger partial charge in [0.25, 0.3) is 5.91 Å². The van der Waals surface area contributed by atoms with E-state index < -0.39 is 5.82 Å². The molecular formula is C12H12BrClFNO. The van der Waals surface area contributed by atoms with Crippen molar-refractivity contribution in [1.82, 2.24) is 5.32 Å². The van der Waals surface area contributed by atoms with Crippen molar-refractivity contribution in [3.05, 3.63) is 34.6 Å². The van der Waals surface area contributed by atoms with Gasteiger partial charge in [-0.3, -0.25) is 4.79 Å². The van der Waals surface area contributed by atoms with Crippen LogP contribution in [0, 0.1) is 11.7 Å². The van der Waals surface area contributed by atoms with Crippen LogP contribution < -0.4 is 5.32 Å². The molecule has 0 radical (unpaired) electrons. The molecular weight excluding hydrogens is 308 g/mol. The second kappa shape index (κ2) is 5.36. The van der Waals surface area contributed by atoms with Crippen LogP contribution in [0.25, 0.3) is 0 Å². The summed E-state index contributed by atoms with van der Waals surface area (Å²) in [7, 11) is 0. The van der Waals surface area contributed by atoms with Crippen LogP contribution in [0.2, 0.25) is 5.02 Å². The predicted octanol–water partition coefficient (Wildman–Crippen LogP) is 3.38. The Balaban J connectivity index is 1.96. The minimum Gasteiger partial charge on any atom is -0.351 e. The minimum atomic E-state index is -0.572. The standard InChI is InChI=1S/C12H12BrClFNO/c13-9(7-4-5-7)6-16-12(17)8-2-1-3-10(15)11(8)14/h1-3,7,9H,4-6H2,(H,16,17). The molecule has 17 heavy (non-hydrogen) atoms. The molecule has 1 aromatic carbocycles. The third kappa shape index (κ3) is 3.19. The maximum Gasteiger partial charge on any atom is 0.252 e. The van der Waals surface area contributed by atoms with Crippen molar-refractivity contribution < 1.29 is 9.18 Å². The topological polar surface area (TPSA) is 29.1 Å². The van der Waals surface area contributed by atoms with Crippen LogP contribution >= 0.6 is 27.5 Å². The second-order valence-electron chi connectivity index (χ2n) is 4.16. The van der Waals surface area contributed by atoms with Crippen molar-refractivity contribution in [2.45, 2.75) is 17.7 Å². The minimum absolute atomic E-state index is 0.123. The van der Waals surface area contributed by atoms with E-state index in [-0.39, 0.29) is 16.5 Å². The molecule has 0 bridgehead atoms. The van der Waals surface area contributed by atoms with Gasteiger partial charge in [0, 0.05) is 11.4 Å². The highest BCUT2D eigenvalue weighted by Gasteiger charge is 2.29. The van der Waals surface area contributed by atoms with E-state index in [0.29, 0.717) is 17.3 Å². The number of halogens is 3. The molecule has 92 valence electrons. The number of nitrogens with one attached hydrogen (secondary N) is 1. The molecule has 1 fully saturated rings. The smallest absolute Gasteiger partial charge is 0.252 e. The summed E-state index contributed by atoms with van der Waals surface area (Å²) in [5.74, 6) is -0.255. The Morgan fingerprint density at radius 2 is 2.29 bits per heavy atom. The first-order valence-electron chi connectivity index (χ1n) is 5.46. The van der Waals surface area contributed by atoms with E-state index in [1.165, 1.54) is 31.0 Å². The van der Waals surface area contributed by atoms with Gasteiger partial charge in [0.05, 0.1) is 10.6 Å². The van der Waals surface area contributed by atoms with Gasteiger partial charge in [-0.15, -0.1) is 0 Å². The number of hydrogen-bond acceptors (Lipinski definition) is 1. The normalized spacial score (nSPS) is 16.6. The van der Waals surface area contributed by atoms with E-state index in [9.17, 15) is 9.18 Å². The predicted molar refractivity (Wildman–Crippen MR) is 69.2 cm³/mol. The van der Waals surface area contributed by atoms with Crippen molar-refractivity contribution in [3.8, 4) is 0 Å². The summed E-state index contributed by atoms with van der Waals surface area (Å²) in [5.41, 5.74) is 0.183. The van der Waals surface area contributed by atoms with E-state index in [1.807, 2.05) is 0 Å². The number of carbonyl (C=O) groups is 1. The third-order valence-corrected chi connectivity index (χ3v) is 4.24. The number of alkyl halides is 1. The molecule has 0 aliphatic heterocycles. The molecule has 1 aliphatic rings. The molecule has 0 spiro atoms. The highest BCUT2D eigenvalue weighted by molar-refractivity contribution is 9.09. The van der Waals surface area contributed by atoms with Gasteiger partial charge in [0.2, 0.25) is 0 Å². The van der Waals surface area contributed by atoms with E-state index in [2.05, 4.69) is 21.2 Å². The summed E-state index contributed by atoms with van der Waals surface area (Å²) in [5, 5.41) is 2.63. The largest absolute Gasteiger partial charge is 0.351 e. The maximum absolute atomic E-state index is 13.2. The van der Waals surface area contributed by atoms with E-state index in [4.69, 9.17) is 11.6 Å². The summed E-state index contributed by atoms with van der Waals surface area (Å²) in [6.07, 6.45) is 2.40. The Bertz CT molecular complexity index is 437. The lowest BCUT2D eigenvalue weighted by Crippen LogP contribution is -2.30. The van der Waals surface area contributed by atoms with E-state index >= 15 is 0 Å². The molecule has 2 nitrogen and oxygen atoms in total. The van der Waals surface area contributed by atoms with Crippen molar-refractivity contribution in [1.29, 1.82) is 0 Å². The molecule has 1 unspecified atom stereocenters. The van der Waals surface area contributed by atoms with Crippen molar-refractivity contribution in [2.24, 2.45) is 5.92 Å². The summed E-state index contributed by atoms with van der Waals surface area (Å²) >= 11 is 9.25. The first-order chi connectivity index (χ1) is 8.09. The zero-order chi connectivity index (χ0) is 12.4. The van der Waals surface area contributed by atoms with Crippen molar-refractivity contribution in [2.75, 3.05) is 6.54 Å². The second-order valence-corrected chi connectivity index (χ2v) is 5.72. The average molecular weight is 321 g/mol. The molecule has 1 saturated carbocycles. The zero-order valence-corrected chi connectivity index (χ0v) is 11.4. The molecule has 0 heterocycles. The van der Waals surface area contributed by atoms with E-state index in [0.717, 1.165) is 0 Å². The SMILES string of the molecule is O=C(NCC(Br)C1CC1)c1cccc(F)c1Cl. The summed E-state index contributed by atoms with van der Waals surface area (Å²) in [6, 6.07) is 4.22. The fraction of sp³-hybridized carbons (Fsp3) is 0.417. The molecule has 1 aromatic rings. The van der Waals surface area contributed by atoms with Crippen LogP contribution in [0.5, 0.6) is 0 Å². The Hall–Kier alpha value is -0.610. The number of carbonyl (C=O) groups excluding carboxylic acids is 1. The summed E-state index contributed by atoms with van der Waals surface area (Å²) in [6.45, 7) is 0.538. The van der Waals surface area contributed by atoms with Gasteiger partial charge in [0.1, 0.15) is 5.82 Å². The van der Waals surface area contributed by atoms with Gasteiger partial charge in [-0.2, -0.15) is 0 Å². The van der Waals surface area contributed by atoms with Gasteiger partial charge in [0.15, 0.2) is 0 Å². The van der Waals surface area contributed by atoms with Crippen molar-refractivity contribution >= 4 is 33.4 Å². The highest BCUT2D eigenvalue weighted by atomic mass is 79.9. The Kier molecular flexibility index (Phi) is 4.05. The van der Waals surface area contributed by atoms with Gasteiger partial charge in [-0.25, -0.2) is 4.39 Å². The molecule has 2 rings (SSSR count). The number of rotatable bonds is 4. The lowest BCUT2D eigenvalue weighted by atomic mass is 10.2. The molecule has 0 saturated heterocycles. The zero-order valence-electron chi connectivity index (χ0n) is 9.05. The third-order valence-electron chi connectivity index (χ3n) is 2.79. The molecule has 0 aromatic heterocycles. The van der Waals surface area contributed by atoms with Crippen LogP contribution in [0.4, 0.5) is 4.39 Å². The first kappa shape index (κ1) is 12.8. The molecule has 1 atom stereocenters. The van der Waals surface area contributed by atoms with Gasteiger partial charge in [-0.05, 0) is 30.9 Å². The van der Waals surface area contributed by atoms with Crippen LogP contribution in [0.15, 0.2) is 18.2 Å². The molecule has 1 aliphatic carbocycles. The van der Waals surface area contributed by atoms with Crippen LogP contribution in [0.1, 0.15) is 23.2 Å². The van der Waals surface area contributed by atoms with Gasteiger partial charge >= 0.3 is 0 Å². The molecule has 1 N–H and O–H groups in total. The fourth-order valence-corrected chi connectivity index (χ4v) is 2.49. The Labute approximate surface area is 113 Å². The fourth-order valence-electron chi connectivity index (χ4n) is 1.59. The van der Waals surface area contributed by atoms with Crippen LogP contribution in [-0.2, 0) is 0 Å². The summed E-state index contributed by atoms with van der Waals surface area (Å²) in [4.78, 5) is 12.1. The van der Waals surface area contributed by atoms with Gasteiger partial charge in [-0.1, -0.05) is 33.6 Å². The maximum atomic E-state index is 13.2. The van der Waals surface area contributed by atoms with Crippen molar-refractivity contribution in [3.63, 3.8) is 0 Å². The average Bonchev–Trinajstić information content (AvgIpc) is 3.13. The number of benzene rings is 1. The Morgan fingerprint density at radius 3 is 2.94 bits per heavy atom. The van der Waals surface area contributed by atoms with Crippen LogP contribution in [-0.4, -0.2) is 17.3 Å². The first-order valence-corrected chi connectivity index (χ1v) is 6.75. The lowest BCUT2D eigenvalue weighted by Gasteiger charge is -2.10. The Morgan fingerprint density at radius 1 is 1.59 bits per heavy atom. The highest BCUT2D eigenvalue weighted by Crippen LogP contribution is 2.36. The molecule has 1 amide bonds. The summed E-state index contributed by atoms with van der Waals surface area (Å²) < 4.78 is 13.2. The number of hydrogen-bond donors (Lipinski definition) is 1.